The van der Waals surface area contributed by atoms with Gasteiger partial charge in [-0.05, 0) is 43.0 Å². The number of hydrogen-bond donors (Lipinski definition) is 0. The molecule has 94 valence electrons. The quantitative estimate of drug-likeness (QED) is 0.412. The first-order chi connectivity index (χ1) is 8.77. The van der Waals surface area contributed by atoms with Gasteiger partial charge >= 0.3 is 0 Å². The van der Waals surface area contributed by atoms with Gasteiger partial charge in [0.25, 0.3) is 0 Å². The van der Waals surface area contributed by atoms with Crippen molar-refractivity contribution in [3.63, 3.8) is 0 Å². The van der Waals surface area contributed by atoms with Crippen molar-refractivity contribution in [1.29, 1.82) is 0 Å². The zero-order valence-electron chi connectivity index (χ0n) is 9.50. The zero-order valence-corrected chi connectivity index (χ0v) is 12.7. The van der Waals surface area contributed by atoms with Crippen molar-refractivity contribution in [2.75, 3.05) is 0 Å². The summed E-state index contributed by atoms with van der Waals surface area (Å²) >= 11 is 6.84. The standard InChI is InChI=1S/C14H12Br2O2/c15-13(11-7-3-1-4-8-11)17-18-14(16)12-9-5-2-6-10-12/h1-10,13-14H. The second kappa shape index (κ2) is 7.04. The summed E-state index contributed by atoms with van der Waals surface area (Å²) in [5.41, 5.74) is 2.01. The Labute approximate surface area is 123 Å². The second-order valence-corrected chi connectivity index (χ2v) is 5.31. The van der Waals surface area contributed by atoms with Crippen LogP contribution < -0.4 is 0 Å². The van der Waals surface area contributed by atoms with Gasteiger partial charge in [-0.15, -0.1) is 0 Å². The van der Waals surface area contributed by atoms with E-state index in [1.54, 1.807) is 0 Å². The lowest BCUT2D eigenvalue weighted by Gasteiger charge is -2.14. The Kier molecular flexibility index (Phi) is 5.38. The fourth-order valence-corrected chi connectivity index (χ4v) is 2.20. The molecule has 4 heteroatoms. The lowest BCUT2D eigenvalue weighted by Crippen LogP contribution is -2.01. The van der Waals surface area contributed by atoms with E-state index in [4.69, 9.17) is 9.78 Å². The number of alkyl halides is 2. The minimum absolute atomic E-state index is 0.289. The summed E-state index contributed by atoms with van der Waals surface area (Å²) in [6, 6.07) is 19.6. The molecular formula is C14H12Br2O2. The molecule has 2 aromatic rings. The molecule has 2 unspecified atom stereocenters. The number of rotatable bonds is 5. The van der Waals surface area contributed by atoms with Crippen molar-refractivity contribution in [3.8, 4) is 0 Å². The monoisotopic (exact) mass is 370 g/mol. The van der Waals surface area contributed by atoms with Crippen molar-refractivity contribution in [3.05, 3.63) is 71.8 Å². The molecule has 0 spiro atoms. The van der Waals surface area contributed by atoms with Crippen LogP contribution in [0.4, 0.5) is 0 Å². The van der Waals surface area contributed by atoms with E-state index < -0.39 is 0 Å². The van der Waals surface area contributed by atoms with Gasteiger partial charge in [0, 0.05) is 0 Å². The molecule has 0 aliphatic carbocycles. The molecule has 0 saturated carbocycles. The van der Waals surface area contributed by atoms with E-state index in [-0.39, 0.29) is 10.0 Å². The Morgan fingerprint density at radius 3 is 1.28 bits per heavy atom. The number of halogens is 2. The summed E-state index contributed by atoms with van der Waals surface area (Å²) in [6.45, 7) is 0. The Morgan fingerprint density at radius 1 is 0.611 bits per heavy atom. The Balaban J connectivity index is 1.89. The third-order valence-corrected chi connectivity index (χ3v) is 3.71. The number of hydrogen-bond acceptors (Lipinski definition) is 2. The Hall–Kier alpha value is -0.680. The van der Waals surface area contributed by atoms with E-state index in [9.17, 15) is 0 Å². The van der Waals surface area contributed by atoms with Gasteiger partial charge < -0.3 is 0 Å². The van der Waals surface area contributed by atoms with Crippen LogP contribution in [0.25, 0.3) is 0 Å². The molecular weight excluding hydrogens is 360 g/mol. The molecule has 2 nitrogen and oxygen atoms in total. The molecule has 2 aromatic carbocycles. The van der Waals surface area contributed by atoms with Gasteiger partial charge in [-0.2, -0.15) is 0 Å². The summed E-state index contributed by atoms with van der Waals surface area (Å²) < 4.78 is 0. The van der Waals surface area contributed by atoms with E-state index >= 15 is 0 Å². The van der Waals surface area contributed by atoms with Crippen LogP contribution in [0, 0.1) is 0 Å². The zero-order chi connectivity index (χ0) is 12.8. The third-order valence-electron chi connectivity index (χ3n) is 2.35. The van der Waals surface area contributed by atoms with E-state index in [1.807, 2.05) is 60.7 Å². The summed E-state index contributed by atoms with van der Waals surface area (Å²) in [5, 5.41) is -0.579. The maximum absolute atomic E-state index is 5.31. The van der Waals surface area contributed by atoms with Crippen LogP contribution in [-0.2, 0) is 9.78 Å². The lowest BCUT2D eigenvalue weighted by atomic mass is 10.2. The molecule has 0 aromatic heterocycles. The molecule has 0 heterocycles. The minimum atomic E-state index is -0.289. The predicted octanol–water partition coefficient (Wildman–Crippen LogP) is 5.12. The fourth-order valence-electron chi connectivity index (χ4n) is 1.42. The van der Waals surface area contributed by atoms with Crippen LogP contribution in [0.5, 0.6) is 0 Å². The first-order valence-electron chi connectivity index (χ1n) is 5.47. The van der Waals surface area contributed by atoms with Crippen LogP contribution in [0.15, 0.2) is 60.7 Å². The molecule has 0 radical (unpaired) electrons. The number of benzene rings is 2. The van der Waals surface area contributed by atoms with E-state index in [2.05, 4.69) is 31.9 Å². The summed E-state index contributed by atoms with van der Waals surface area (Å²) in [6.07, 6.45) is 0. The van der Waals surface area contributed by atoms with Gasteiger partial charge in [-0.25, -0.2) is 9.78 Å². The topological polar surface area (TPSA) is 18.5 Å². The van der Waals surface area contributed by atoms with Crippen molar-refractivity contribution in [2.24, 2.45) is 0 Å². The summed E-state index contributed by atoms with van der Waals surface area (Å²) in [4.78, 5) is 10.6. The normalized spacial score (nSPS) is 14.1. The molecule has 18 heavy (non-hydrogen) atoms. The third kappa shape index (κ3) is 3.92. The van der Waals surface area contributed by atoms with Crippen molar-refractivity contribution >= 4 is 31.9 Å². The largest absolute Gasteiger partial charge is 0.215 e. The second-order valence-electron chi connectivity index (χ2n) is 3.65. The first-order valence-corrected chi connectivity index (χ1v) is 7.30. The average molecular weight is 372 g/mol. The van der Waals surface area contributed by atoms with Gasteiger partial charge in [-0.1, -0.05) is 60.7 Å². The van der Waals surface area contributed by atoms with Gasteiger partial charge in [0.1, 0.15) is 0 Å². The van der Waals surface area contributed by atoms with Crippen LogP contribution in [0.1, 0.15) is 21.2 Å². The van der Waals surface area contributed by atoms with Crippen molar-refractivity contribution < 1.29 is 9.78 Å². The molecule has 0 aliphatic heterocycles. The molecule has 0 aliphatic rings. The maximum atomic E-state index is 5.31. The Morgan fingerprint density at radius 2 is 0.944 bits per heavy atom. The van der Waals surface area contributed by atoms with E-state index in [0.29, 0.717) is 0 Å². The maximum Gasteiger partial charge on any atom is 0.172 e. The molecule has 2 atom stereocenters. The highest BCUT2D eigenvalue weighted by Gasteiger charge is 2.13. The summed E-state index contributed by atoms with van der Waals surface area (Å²) in [5.74, 6) is 0. The summed E-state index contributed by atoms with van der Waals surface area (Å²) in [7, 11) is 0. The van der Waals surface area contributed by atoms with Crippen molar-refractivity contribution in [2.45, 2.75) is 10.0 Å². The lowest BCUT2D eigenvalue weighted by molar-refractivity contribution is -0.315. The molecule has 0 N–H and O–H groups in total. The van der Waals surface area contributed by atoms with Crippen LogP contribution in [0.3, 0.4) is 0 Å². The molecule has 2 rings (SSSR count). The van der Waals surface area contributed by atoms with Gasteiger partial charge in [0.05, 0.1) is 0 Å². The van der Waals surface area contributed by atoms with E-state index in [0.717, 1.165) is 11.1 Å². The van der Waals surface area contributed by atoms with Gasteiger partial charge in [-0.3, -0.25) is 0 Å². The van der Waals surface area contributed by atoms with E-state index in [1.165, 1.54) is 0 Å². The molecule has 0 bridgehead atoms. The SMILES string of the molecule is BrC(OOC(Br)c1ccccc1)c1ccccc1. The van der Waals surface area contributed by atoms with Crippen LogP contribution >= 0.6 is 31.9 Å². The minimum Gasteiger partial charge on any atom is -0.215 e. The van der Waals surface area contributed by atoms with Crippen LogP contribution in [0.2, 0.25) is 0 Å². The Bertz CT molecular complexity index is 416. The van der Waals surface area contributed by atoms with Crippen LogP contribution in [-0.4, -0.2) is 0 Å². The van der Waals surface area contributed by atoms with Crippen molar-refractivity contribution in [1.82, 2.24) is 0 Å². The predicted molar refractivity (Wildman–Crippen MR) is 78.4 cm³/mol. The molecule has 0 amide bonds. The smallest absolute Gasteiger partial charge is 0.172 e. The molecule has 0 saturated heterocycles. The highest BCUT2D eigenvalue weighted by molar-refractivity contribution is 9.09. The van der Waals surface area contributed by atoms with Gasteiger partial charge in [0.2, 0.25) is 0 Å². The highest BCUT2D eigenvalue weighted by Crippen LogP contribution is 2.30. The fraction of sp³-hybridized carbons (Fsp3) is 0.143. The first kappa shape index (κ1) is 13.7. The van der Waals surface area contributed by atoms with Gasteiger partial charge in [0.15, 0.2) is 10.0 Å². The average Bonchev–Trinajstić information content (AvgIpc) is 2.46. The molecule has 0 fully saturated rings. The highest BCUT2D eigenvalue weighted by atomic mass is 79.9.